The van der Waals surface area contributed by atoms with Crippen molar-refractivity contribution in [1.29, 1.82) is 0 Å². The van der Waals surface area contributed by atoms with Gasteiger partial charge in [-0.1, -0.05) is 114 Å². The smallest absolute Gasteiger partial charge is 0.356 e. The maximum absolute atomic E-state index is 12.0. The van der Waals surface area contributed by atoms with E-state index in [9.17, 15) is 14.4 Å². The van der Waals surface area contributed by atoms with Gasteiger partial charge in [0.15, 0.2) is 11.4 Å². The summed E-state index contributed by atoms with van der Waals surface area (Å²) < 4.78 is 14.7. The van der Waals surface area contributed by atoms with Crippen LogP contribution in [0.3, 0.4) is 0 Å². The summed E-state index contributed by atoms with van der Waals surface area (Å²) in [6, 6.07) is 47.5. The predicted molar refractivity (Wildman–Crippen MR) is 231 cm³/mol. The number of hydroxylamine groups is 1. The molecule has 0 saturated heterocycles. The van der Waals surface area contributed by atoms with Crippen LogP contribution in [0.4, 0.5) is 0 Å². The third-order valence-corrected chi connectivity index (χ3v) is 9.57. The summed E-state index contributed by atoms with van der Waals surface area (Å²) in [5.41, 5.74) is 7.54. The van der Waals surface area contributed by atoms with Crippen molar-refractivity contribution in [2.75, 3.05) is 14.2 Å². The number of methoxy groups -OCH3 is 2. The summed E-state index contributed by atoms with van der Waals surface area (Å²) in [7, 11) is 2.69. The zero-order chi connectivity index (χ0) is 42.6. The maximum Gasteiger partial charge on any atom is 0.356 e. The second-order valence-electron chi connectivity index (χ2n) is 12.3. The van der Waals surface area contributed by atoms with Gasteiger partial charge in [-0.3, -0.25) is 10.0 Å². The van der Waals surface area contributed by atoms with E-state index in [0.29, 0.717) is 48.7 Å². The Kier molecular flexibility index (Phi) is 14.4. The zero-order valence-corrected chi connectivity index (χ0v) is 34.9. The van der Waals surface area contributed by atoms with Crippen LogP contribution >= 0.6 is 39.1 Å². The molecular weight excluding hydrogens is 873 g/mol. The Morgan fingerprint density at radius 2 is 0.883 bits per heavy atom. The number of aromatic nitrogens is 6. The molecule has 302 valence electrons. The number of amides is 1. The van der Waals surface area contributed by atoms with Gasteiger partial charge in [-0.25, -0.2) is 29.1 Å². The van der Waals surface area contributed by atoms with Crippen LogP contribution in [-0.2, 0) is 9.47 Å². The maximum atomic E-state index is 12.0. The molecule has 60 heavy (non-hydrogen) atoms. The second kappa shape index (κ2) is 20.2. The zero-order valence-electron chi connectivity index (χ0n) is 31.8. The van der Waals surface area contributed by atoms with Crippen LogP contribution < -0.4 is 5.48 Å². The minimum absolute atomic E-state index is 0.212. The monoisotopic (exact) mass is 905 g/mol. The average molecular weight is 908 g/mol. The summed E-state index contributed by atoms with van der Waals surface area (Å²) in [6.07, 6.45) is 0. The Bertz CT molecular complexity index is 2590. The predicted octanol–water partition coefficient (Wildman–Crippen LogP) is 9.71. The van der Waals surface area contributed by atoms with Gasteiger partial charge in [0, 0.05) is 17.2 Å². The fourth-order valence-corrected chi connectivity index (χ4v) is 6.57. The molecule has 5 aromatic carbocycles. The van der Waals surface area contributed by atoms with E-state index < -0.39 is 17.8 Å². The van der Waals surface area contributed by atoms with Crippen molar-refractivity contribution in [3.8, 4) is 39.6 Å². The summed E-state index contributed by atoms with van der Waals surface area (Å²) in [6.45, 7) is 0. The number of hydrogen-bond acceptors (Lipinski definition) is 9. The molecule has 2 N–H and O–H groups in total. The lowest BCUT2D eigenvalue weighted by molar-refractivity contribution is 0.0581. The second-order valence-corrected chi connectivity index (χ2v) is 13.9. The van der Waals surface area contributed by atoms with Gasteiger partial charge >= 0.3 is 11.9 Å². The fourth-order valence-electron chi connectivity index (χ4n) is 5.73. The van der Waals surface area contributed by atoms with Gasteiger partial charge in [0.1, 0.15) is 10.3 Å². The highest BCUT2D eigenvalue weighted by atomic mass is 79.9. The van der Waals surface area contributed by atoms with Crippen LogP contribution in [0.2, 0.25) is 10.0 Å². The van der Waals surface area contributed by atoms with Crippen LogP contribution in [0.15, 0.2) is 162 Å². The van der Waals surface area contributed by atoms with Crippen molar-refractivity contribution in [3.63, 3.8) is 0 Å². The molecule has 0 bridgehead atoms. The molecule has 0 aliphatic carbocycles. The minimum Gasteiger partial charge on any atom is -0.464 e. The standard InChI is InChI=1S/C17H13ClN2O2.C16H12ClN3O2.C11H9BrN2O2/c1-22-17(21)16-11-15(13-9-5-6-10-14(13)18)19-20(16)12-7-3-2-4-8-12;17-13-9-5-4-8-12(13)14-10-15(16(21)19-22)20(18-14)11-6-2-1-3-7-11;1-16-11(15)9-7-10(12)13-14(9)8-5-3-2-4-6-8/h2-11H,1H3;1-10,22H,(H,19,21);2-7H,1H3. The van der Waals surface area contributed by atoms with E-state index in [1.54, 1.807) is 40.5 Å². The van der Waals surface area contributed by atoms with Crippen molar-refractivity contribution in [2.45, 2.75) is 0 Å². The third-order valence-electron chi connectivity index (χ3n) is 8.52. The fraction of sp³-hybridized carbons (Fsp3) is 0.0455. The van der Waals surface area contributed by atoms with E-state index in [-0.39, 0.29) is 5.69 Å². The van der Waals surface area contributed by atoms with Gasteiger partial charge in [-0.05, 0) is 76.6 Å². The number of nitrogens with zero attached hydrogens (tertiary/aromatic N) is 6. The Morgan fingerprint density at radius 3 is 1.28 bits per heavy atom. The molecule has 3 aromatic heterocycles. The summed E-state index contributed by atoms with van der Waals surface area (Å²) in [4.78, 5) is 35.4. The highest BCUT2D eigenvalue weighted by Crippen LogP contribution is 2.30. The topological polar surface area (TPSA) is 155 Å². The first-order chi connectivity index (χ1) is 29.1. The van der Waals surface area contributed by atoms with Gasteiger partial charge in [0.05, 0.1) is 52.7 Å². The van der Waals surface area contributed by atoms with Gasteiger partial charge in [0.2, 0.25) is 0 Å². The Hall–Kier alpha value is -6.84. The molecule has 0 fully saturated rings. The van der Waals surface area contributed by atoms with Gasteiger partial charge in [-0.2, -0.15) is 15.3 Å². The van der Waals surface area contributed by atoms with Crippen LogP contribution in [0, 0.1) is 0 Å². The van der Waals surface area contributed by atoms with E-state index >= 15 is 0 Å². The Balaban J connectivity index is 0.000000153. The first kappa shape index (κ1) is 42.8. The van der Waals surface area contributed by atoms with E-state index in [2.05, 4.69) is 31.2 Å². The number of para-hydroxylation sites is 3. The van der Waals surface area contributed by atoms with Crippen LogP contribution in [0.5, 0.6) is 0 Å². The van der Waals surface area contributed by atoms with E-state index in [1.807, 2.05) is 127 Å². The highest BCUT2D eigenvalue weighted by molar-refractivity contribution is 9.10. The summed E-state index contributed by atoms with van der Waals surface area (Å²) >= 11 is 15.6. The molecular formula is C44H34BrCl2N7O6. The number of carbonyl (C=O) groups excluding carboxylic acids is 3. The lowest BCUT2D eigenvalue weighted by Gasteiger charge is -2.05. The molecule has 0 radical (unpaired) electrons. The van der Waals surface area contributed by atoms with Gasteiger partial charge in [-0.15, -0.1) is 0 Å². The molecule has 0 atom stereocenters. The van der Waals surface area contributed by atoms with Crippen molar-refractivity contribution < 1.29 is 29.1 Å². The normalized spacial score (nSPS) is 10.4. The van der Waals surface area contributed by atoms with E-state index in [0.717, 1.165) is 16.9 Å². The van der Waals surface area contributed by atoms with Gasteiger partial charge < -0.3 is 9.47 Å². The Labute approximate surface area is 362 Å². The molecule has 0 unspecified atom stereocenters. The van der Waals surface area contributed by atoms with Crippen LogP contribution in [0.25, 0.3) is 39.6 Å². The molecule has 3 heterocycles. The largest absolute Gasteiger partial charge is 0.464 e. The quantitative estimate of drug-likeness (QED) is 0.0862. The number of carbonyl (C=O) groups is 3. The van der Waals surface area contributed by atoms with Crippen molar-refractivity contribution >= 4 is 57.0 Å². The van der Waals surface area contributed by atoms with E-state index in [4.69, 9.17) is 37.9 Å². The number of rotatable bonds is 8. The lowest BCUT2D eigenvalue weighted by atomic mass is 10.1. The molecule has 1 amide bonds. The van der Waals surface area contributed by atoms with Crippen molar-refractivity contribution in [2.24, 2.45) is 0 Å². The molecule has 0 aliphatic heterocycles. The van der Waals surface area contributed by atoms with Crippen molar-refractivity contribution in [1.82, 2.24) is 34.8 Å². The molecule has 16 heteroatoms. The molecule has 13 nitrogen and oxygen atoms in total. The number of nitrogens with one attached hydrogen (secondary N) is 1. The number of ether oxygens (including phenoxy) is 2. The van der Waals surface area contributed by atoms with Crippen LogP contribution in [-0.4, -0.2) is 66.6 Å². The molecule has 0 saturated carbocycles. The number of halogens is 3. The van der Waals surface area contributed by atoms with Crippen LogP contribution in [0.1, 0.15) is 31.5 Å². The third kappa shape index (κ3) is 10.1. The average Bonchev–Trinajstić information content (AvgIpc) is 4.05. The molecule has 8 aromatic rings. The first-order valence-electron chi connectivity index (χ1n) is 17.9. The number of esters is 2. The molecule has 8 rings (SSSR count). The molecule has 0 aliphatic rings. The summed E-state index contributed by atoms with van der Waals surface area (Å²) in [5, 5.41) is 23.2. The minimum atomic E-state index is -0.644. The summed E-state index contributed by atoms with van der Waals surface area (Å²) in [5.74, 6) is -1.51. The lowest BCUT2D eigenvalue weighted by Crippen LogP contribution is -2.22. The SMILES string of the molecule is COC(=O)c1cc(-c2ccccc2Cl)nn1-c1ccccc1.COC(=O)c1cc(Br)nn1-c1ccccc1.O=C(NO)c1cc(-c2ccccc2Cl)nn1-c1ccccc1. The highest BCUT2D eigenvalue weighted by Gasteiger charge is 2.20. The van der Waals surface area contributed by atoms with E-state index in [1.165, 1.54) is 23.6 Å². The van der Waals surface area contributed by atoms with Crippen molar-refractivity contribution in [3.05, 3.63) is 189 Å². The number of benzene rings is 5. The number of hydrogen-bond donors (Lipinski definition) is 2. The molecule has 0 spiro atoms. The van der Waals surface area contributed by atoms with Gasteiger partial charge in [0.25, 0.3) is 5.91 Å². The Morgan fingerprint density at radius 1 is 0.533 bits per heavy atom. The first-order valence-corrected chi connectivity index (χ1v) is 19.4.